The van der Waals surface area contributed by atoms with Gasteiger partial charge in [0.15, 0.2) is 5.67 Å². The Labute approximate surface area is 83.8 Å². The van der Waals surface area contributed by atoms with Gasteiger partial charge in [0, 0.05) is 11.8 Å². The molecule has 0 saturated carbocycles. The van der Waals surface area contributed by atoms with Crippen LogP contribution in [-0.4, -0.2) is 23.2 Å². The standard InChI is InChI=1S/C7H5Cl2FN2O/c8-5-4(1-11-6(9)12-5)7(10)2-13-3-7/h1H,2-3H2. The maximum absolute atomic E-state index is 13.7. The Morgan fingerprint density at radius 2 is 2.15 bits per heavy atom. The first-order chi connectivity index (χ1) is 6.12. The molecule has 0 radical (unpaired) electrons. The Morgan fingerprint density at radius 3 is 2.62 bits per heavy atom. The summed E-state index contributed by atoms with van der Waals surface area (Å²) < 4.78 is 18.5. The van der Waals surface area contributed by atoms with E-state index in [1.54, 1.807) is 0 Å². The molecule has 6 heteroatoms. The number of ether oxygens (including phenoxy) is 1. The third-order valence-corrected chi connectivity index (χ3v) is 2.33. The van der Waals surface area contributed by atoms with E-state index >= 15 is 0 Å². The van der Waals surface area contributed by atoms with Crippen LogP contribution in [0.4, 0.5) is 4.39 Å². The smallest absolute Gasteiger partial charge is 0.223 e. The van der Waals surface area contributed by atoms with Crippen molar-refractivity contribution in [1.29, 1.82) is 0 Å². The summed E-state index contributed by atoms with van der Waals surface area (Å²) in [6, 6.07) is 0. The third-order valence-electron chi connectivity index (χ3n) is 1.86. The lowest BCUT2D eigenvalue weighted by molar-refractivity contribution is -0.135. The van der Waals surface area contributed by atoms with Gasteiger partial charge in [0.05, 0.1) is 13.2 Å². The van der Waals surface area contributed by atoms with Gasteiger partial charge in [-0.3, -0.25) is 0 Å². The van der Waals surface area contributed by atoms with Crippen LogP contribution in [0, 0.1) is 0 Å². The summed E-state index contributed by atoms with van der Waals surface area (Å²) in [4.78, 5) is 7.31. The molecule has 0 atom stereocenters. The van der Waals surface area contributed by atoms with Crippen LogP contribution in [0.1, 0.15) is 5.56 Å². The first kappa shape index (κ1) is 9.12. The highest BCUT2D eigenvalue weighted by Gasteiger charge is 2.43. The van der Waals surface area contributed by atoms with Crippen LogP contribution in [0.2, 0.25) is 10.4 Å². The van der Waals surface area contributed by atoms with Crippen molar-refractivity contribution < 1.29 is 9.13 Å². The van der Waals surface area contributed by atoms with E-state index in [4.69, 9.17) is 27.9 Å². The van der Waals surface area contributed by atoms with Crippen molar-refractivity contribution in [2.75, 3.05) is 13.2 Å². The molecule has 1 aromatic heterocycles. The minimum Gasteiger partial charge on any atom is -0.374 e. The van der Waals surface area contributed by atoms with Crippen LogP contribution in [0.3, 0.4) is 0 Å². The van der Waals surface area contributed by atoms with E-state index in [1.807, 2.05) is 0 Å². The van der Waals surface area contributed by atoms with Crippen LogP contribution in [0.15, 0.2) is 6.20 Å². The Hall–Kier alpha value is -0.450. The molecule has 1 aliphatic heterocycles. The van der Waals surface area contributed by atoms with Gasteiger partial charge in [-0.1, -0.05) is 11.6 Å². The summed E-state index contributed by atoms with van der Waals surface area (Å²) in [5.74, 6) is 0. The fourth-order valence-corrected chi connectivity index (χ4v) is 1.55. The SMILES string of the molecule is FC1(c2cnc(Cl)nc2Cl)COC1. The predicted molar refractivity (Wildman–Crippen MR) is 45.7 cm³/mol. The molecule has 1 aromatic rings. The Bertz CT molecular complexity index is 343. The fraction of sp³-hybridized carbons (Fsp3) is 0.429. The maximum atomic E-state index is 13.7. The molecule has 0 aliphatic carbocycles. The molecule has 0 aromatic carbocycles. The lowest BCUT2D eigenvalue weighted by atomic mass is 9.97. The minimum atomic E-state index is -1.54. The van der Waals surface area contributed by atoms with Crippen LogP contribution >= 0.6 is 23.2 Å². The lowest BCUT2D eigenvalue weighted by Crippen LogP contribution is -2.43. The Balaban J connectivity index is 2.40. The van der Waals surface area contributed by atoms with Crippen molar-refractivity contribution in [3.8, 4) is 0 Å². The molecule has 0 bridgehead atoms. The Kier molecular flexibility index (Phi) is 2.14. The van der Waals surface area contributed by atoms with E-state index in [0.29, 0.717) is 0 Å². The average Bonchev–Trinajstić information content (AvgIpc) is 2.00. The van der Waals surface area contributed by atoms with Crippen LogP contribution in [0.5, 0.6) is 0 Å². The lowest BCUT2D eigenvalue weighted by Gasteiger charge is -2.33. The predicted octanol–water partition coefficient (Wildman–Crippen LogP) is 1.98. The first-order valence-electron chi connectivity index (χ1n) is 3.57. The monoisotopic (exact) mass is 222 g/mol. The Morgan fingerprint density at radius 1 is 1.46 bits per heavy atom. The number of rotatable bonds is 1. The van der Waals surface area contributed by atoms with Crippen molar-refractivity contribution in [2.24, 2.45) is 0 Å². The molecule has 3 nitrogen and oxygen atoms in total. The number of nitrogens with zero attached hydrogens (tertiary/aromatic N) is 2. The quantitative estimate of drug-likeness (QED) is 0.539. The number of alkyl halides is 1. The molecular formula is C7H5Cl2FN2O. The van der Waals surface area contributed by atoms with E-state index in [2.05, 4.69) is 9.97 Å². The molecular weight excluding hydrogens is 218 g/mol. The van der Waals surface area contributed by atoms with Gasteiger partial charge in [-0.15, -0.1) is 0 Å². The second-order valence-corrected chi connectivity index (χ2v) is 3.50. The summed E-state index contributed by atoms with van der Waals surface area (Å²) in [7, 11) is 0. The van der Waals surface area contributed by atoms with Crippen LogP contribution in [-0.2, 0) is 10.4 Å². The second kappa shape index (κ2) is 3.04. The number of hydrogen-bond acceptors (Lipinski definition) is 3. The van der Waals surface area contributed by atoms with Crippen LogP contribution in [0.25, 0.3) is 0 Å². The summed E-state index contributed by atoms with van der Waals surface area (Å²) in [5.41, 5.74) is -1.30. The van der Waals surface area contributed by atoms with Gasteiger partial charge in [0.1, 0.15) is 5.15 Å². The van der Waals surface area contributed by atoms with E-state index in [9.17, 15) is 4.39 Å². The van der Waals surface area contributed by atoms with Crippen molar-refractivity contribution in [3.63, 3.8) is 0 Å². The highest BCUT2D eigenvalue weighted by atomic mass is 35.5. The van der Waals surface area contributed by atoms with E-state index in [0.717, 1.165) is 0 Å². The maximum Gasteiger partial charge on any atom is 0.223 e. The summed E-state index contributed by atoms with van der Waals surface area (Å²) in [6.07, 6.45) is 1.29. The van der Waals surface area contributed by atoms with E-state index in [1.165, 1.54) is 6.20 Å². The van der Waals surface area contributed by atoms with E-state index in [-0.39, 0.29) is 29.2 Å². The van der Waals surface area contributed by atoms with Gasteiger partial charge in [0.25, 0.3) is 0 Å². The second-order valence-electron chi connectivity index (χ2n) is 2.80. The zero-order valence-corrected chi connectivity index (χ0v) is 7.94. The van der Waals surface area contributed by atoms with Gasteiger partial charge >= 0.3 is 0 Å². The molecule has 0 spiro atoms. The van der Waals surface area contributed by atoms with E-state index < -0.39 is 5.67 Å². The highest BCUT2D eigenvalue weighted by Crippen LogP contribution is 2.36. The average molecular weight is 223 g/mol. The topological polar surface area (TPSA) is 35.0 Å². The van der Waals surface area contributed by atoms with Gasteiger partial charge in [0.2, 0.25) is 5.28 Å². The molecule has 70 valence electrons. The van der Waals surface area contributed by atoms with Gasteiger partial charge in [-0.25, -0.2) is 14.4 Å². The number of aromatic nitrogens is 2. The van der Waals surface area contributed by atoms with Crippen molar-refractivity contribution in [3.05, 3.63) is 22.2 Å². The fourth-order valence-electron chi connectivity index (χ4n) is 1.08. The summed E-state index contributed by atoms with van der Waals surface area (Å²) in [5, 5.41) is 0.0587. The summed E-state index contributed by atoms with van der Waals surface area (Å²) in [6.45, 7) is -0.00454. The first-order valence-corrected chi connectivity index (χ1v) is 4.33. The van der Waals surface area contributed by atoms with Crippen molar-refractivity contribution in [1.82, 2.24) is 9.97 Å². The normalized spacial score (nSPS) is 19.6. The van der Waals surface area contributed by atoms with Gasteiger partial charge in [-0.05, 0) is 11.6 Å². The molecule has 2 rings (SSSR count). The largest absolute Gasteiger partial charge is 0.374 e. The molecule has 1 saturated heterocycles. The molecule has 0 amide bonds. The zero-order valence-electron chi connectivity index (χ0n) is 6.43. The van der Waals surface area contributed by atoms with Crippen molar-refractivity contribution >= 4 is 23.2 Å². The molecule has 13 heavy (non-hydrogen) atoms. The molecule has 1 aliphatic rings. The molecule has 1 fully saturated rings. The molecule has 0 unspecified atom stereocenters. The zero-order chi connectivity index (χ0) is 9.47. The summed E-state index contributed by atoms with van der Waals surface area (Å²) >= 11 is 11.2. The number of halogens is 3. The number of hydrogen-bond donors (Lipinski definition) is 0. The third kappa shape index (κ3) is 1.49. The van der Waals surface area contributed by atoms with Crippen LogP contribution < -0.4 is 0 Å². The van der Waals surface area contributed by atoms with Gasteiger partial charge < -0.3 is 4.74 Å². The highest BCUT2D eigenvalue weighted by molar-refractivity contribution is 6.32. The van der Waals surface area contributed by atoms with Gasteiger partial charge in [-0.2, -0.15) is 0 Å². The molecule has 2 heterocycles. The molecule has 0 N–H and O–H groups in total. The minimum absolute atomic E-state index is 0.00227. The van der Waals surface area contributed by atoms with Crippen molar-refractivity contribution in [2.45, 2.75) is 5.67 Å².